The van der Waals surface area contributed by atoms with Gasteiger partial charge in [-0.2, -0.15) is 0 Å². The van der Waals surface area contributed by atoms with E-state index in [0.717, 1.165) is 62.1 Å². The molecule has 1 fully saturated rings. The molecule has 2 heterocycles. The number of furan rings is 1. The van der Waals surface area contributed by atoms with Gasteiger partial charge in [-0.15, -0.1) is 0 Å². The maximum Gasteiger partial charge on any atom is 0.226 e. The highest BCUT2D eigenvalue weighted by Crippen LogP contribution is 2.51. The number of hydrogen-bond donors (Lipinski definition) is 1. The maximum absolute atomic E-state index is 11.5. The van der Waals surface area contributed by atoms with Crippen LogP contribution in [-0.2, 0) is 6.42 Å². The zero-order valence-corrected chi connectivity index (χ0v) is 19.3. The third-order valence-corrected chi connectivity index (χ3v) is 7.53. The molecule has 0 amide bonds. The van der Waals surface area contributed by atoms with Crippen molar-refractivity contribution in [3.8, 4) is 0 Å². The van der Waals surface area contributed by atoms with Crippen molar-refractivity contribution in [2.24, 2.45) is 11.8 Å². The Morgan fingerprint density at radius 2 is 2.00 bits per heavy atom. The average Bonchev–Trinajstić information content (AvgIpc) is 3.18. The Kier molecular flexibility index (Phi) is 5.92. The number of benzene rings is 1. The van der Waals surface area contributed by atoms with Crippen molar-refractivity contribution in [1.29, 1.82) is 0 Å². The monoisotopic (exact) mass is 430 g/mol. The van der Waals surface area contributed by atoms with E-state index in [9.17, 15) is 5.11 Å². The number of rotatable bonds is 8. The van der Waals surface area contributed by atoms with E-state index in [2.05, 4.69) is 59.4 Å². The van der Waals surface area contributed by atoms with Gasteiger partial charge in [-0.25, -0.2) is 4.98 Å². The molecule has 2 aromatic heterocycles. The summed E-state index contributed by atoms with van der Waals surface area (Å²) in [5.41, 5.74) is 4.22. The number of pyridine rings is 1. The van der Waals surface area contributed by atoms with E-state index in [1.165, 1.54) is 23.1 Å². The molecule has 3 aliphatic carbocycles. The molecule has 168 valence electrons. The number of allylic oxidation sites excluding steroid dienone is 1. The minimum Gasteiger partial charge on any atom is -0.443 e. The zero-order valence-electron chi connectivity index (χ0n) is 19.3. The SMILES string of the molecule is Cc1cc2cc(CCCN(C)CC[C@@]3(O)C[C@H]4CC[C@H]3C=C4c3ccccc3)cnc2o1. The van der Waals surface area contributed by atoms with Gasteiger partial charge in [0.25, 0.3) is 0 Å². The number of aliphatic hydroxyl groups is 1. The maximum atomic E-state index is 11.5. The highest BCUT2D eigenvalue weighted by Gasteiger charge is 2.46. The van der Waals surface area contributed by atoms with Crippen LogP contribution in [0.4, 0.5) is 0 Å². The Balaban J connectivity index is 1.13. The van der Waals surface area contributed by atoms with E-state index in [0.29, 0.717) is 5.92 Å². The molecule has 0 unspecified atom stereocenters. The Hall–Kier alpha value is -2.43. The molecule has 3 aromatic rings. The molecule has 2 bridgehead atoms. The van der Waals surface area contributed by atoms with E-state index in [1.54, 1.807) is 0 Å². The van der Waals surface area contributed by atoms with E-state index in [1.807, 2.05) is 19.2 Å². The average molecular weight is 431 g/mol. The molecule has 0 saturated heterocycles. The summed E-state index contributed by atoms with van der Waals surface area (Å²) < 4.78 is 5.57. The zero-order chi connectivity index (χ0) is 22.1. The fourth-order valence-electron chi connectivity index (χ4n) is 5.73. The first-order valence-corrected chi connectivity index (χ1v) is 12.0. The number of fused-ring (bicyclic) bond motifs is 3. The van der Waals surface area contributed by atoms with Crippen molar-refractivity contribution in [3.63, 3.8) is 0 Å². The fraction of sp³-hybridized carbons (Fsp3) is 0.464. The molecule has 0 spiro atoms. The van der Waals surface area contributed by atoms with Crippen LogP contribution in [0.5, 0.6) is 0 Å². The number of hydrogen-bond acceptors (Lipinski definition) is 4. The second-order valence-corrected chi connectivity index (χ2v) is 9.93. The molecule has 1 saturated carbocycles. The third kappa shape index (κ3) is 4.39. The van der Waals surface area contributed by atoms with Gasteiger partial charge in [0.15, 0.2) is 0 Å². The molecule has 0 aliphatic heterocycles. The van der Waals surface area contributed by atoms with Crippen LogP contribution in [0.2, 0.25) is 0 Å². The predicted octanol–water partition coefficient (Wildman–Crippen LogP) is 5.64. The molecule has 6 rings (SSSR count). The quantitative estimate of drug-likeness (QED) is 0.503. The lowest BCUT2D eigenvalue weighted by Gasteiger charge is -2.48. The summed E-state index contributed by atoms with van der Waals surface area (Å²) in [6.45, 7) is 3.92. The second-order valence-electron chi connectivity index (χ2n) is 9.93. The number of nitrogens with zero attached hydrogens (tertiary/aromatic N) is 2. The van der Waals surface area contributed by atoms with Gasteiger partial charge >= 0.3 is 0 Å². The van der Waals surface area contributed by atoms with Crippen LogP contribution >= 0.6 is 0 Å². The molecule has 1 N–H and O–H groups in total. The fourth-order valence-corrected chi connectivity index (χ4v) is 5.73. The van der Waals surface area contributed by atoms with Gasteiger partial charge in [0, 0.05) is 24.0 Å². The Labute approximate surface area is 191 Å². The Morgan fingerprint density at radius 3 is 2.78 bits per heavy atom. The van der Waals surface area contributed by atoms with Gasteiger partial charge in [0.1, 0.15) is 5.76 Å². The molecule has 4 heteroatoms. The largest absolute Gasteiger partial charge is 0.443 e. The van der Waals surface area contributed by atoms with Crippen molar-refractivity contribution in [1.82, 2.24) is 9.88 Å². The van der Waals surface area contributed by atoms with Gasteiger partial charge in [0.2, 0.25) is 5.71 Å². The molecule has 4 nitrogen and oxygen atoms in total. The van der Waals surface area contributed by atoms with E-state index >= 15 is 0 Å². The molecule has 1 aromatic carbocycles. The standard InChI is InChI=1S/C28H34N2O2/c1-20-15-24-16-21(19-29-27(24)32-20)7-6-13-30(2)14-12-28(31)18-23-10-11-25(28)17-26(23)22-8-4-3-5-9-22/h3-5,8-9,15-17,19,23,25,31H,6-7,10-14,18H2,1-2H3/t23-,25+,28-/m1/s1. The van der Waals surface area contributed by atoms with E-state index in [4.69, 9.17) is 4.42 Å². The van der Waals surface area contributed by atoms with Crippen LogP contribution in [0.3, 0.4) is 0 Å². The van der Waals surface area contributed by atoms with Crippen LogP contribution in [0.1, 0.15) is 49.0 Å². The summed E-state index contributed by atoms with van der Waals surface area (Å²) in [6.07, 6.45) is 10.5. The lowest BCUT2D eigenvalue weighted by Crippen LogP contribution is -2.48. The highest BCUT2D eigenvalue weighted by molar-refractivity contribution is 5.74. The number of aromatic nitrogens is 1. The van der Waals surface area contributed by atoms with Gasteiger partial charge in [-0.1, -0.05) is 36.4 Å². The first-order chi connectivity index (χ1) is 15.5. The molecule has 32 heavy (non-hydrogen) atoms. The van der Waals surface area contributed by atoms with Crippen molar-refractivity contribution in [2.75, 3.05) is 20.1 Å². The lowest BCUT2D eigenvalue weighted by molar-refractivity contribution is -0.0574. The van der Waals surface area contributed by atoms with E-state index in [-0.39, 0.29) is 5.92 Å². The molecule has 3 atom stereocenters. The predicted molar refractivity (Wildman–Crippen MR) is 129 cm³/mol. The van der Waals surface area contributed by atoms with Crippen molar-refractivity contribution < 1.29 is 9.52 Å². The molecule has 3 aliphatic rings. The first kappa shape index (κ1) is 21.4. The summed E-state index contributed by atoms with van der Waals surface area (Å²) >= 11 is 0. The van der Waals surface area contributed by atoms with Crippen LogP contribution in [0, 0.1) is 18.8 Å². The summed E-state index contributed by atoms with van der Waals surface area (Å²) in [7, 11) is 2.18. The smallest absolute Gasteiger partial charge is 0.226 e. The summed E-state index contributed by atoms with van der Waals surface area (Å²) in [5.74, 6) is 1.68. The van der Waals surface area contributed by atoms with Crippen molar-refractivity contribution in [3.05, 3.63) is 71.6 Å². The van der Waals surface area contributed by atoms with Crippen LogP contribution in [-0.4, -0.2) is 40.7 Å². The molecular formula is C28H34N2O2. The minimum atomic E-state index is -0.552. The Bertz CT molecular complexity index is 1100. The summed E-state index contributed by atoms with van der Waals surface area (Å²) in [6, 6.07) is 15.0. The van der Waals surface area contributed by atoms with Gasteiger partial charge in [0.05, 0.1) is 5.60 Å². The van der Waals surface area contributed by atoms with Gasteiger partial charge in [-0.3, -0.25) is 0 Å². The van der Waals surface area contributed by atoms with Gasteiger partial charge in [-0.05, 0) is 93.8 Å². The lowest BCUT2D eigenvalue weighted by atomic mass is 9.61. The first-order valence-electron chi connectivity index (χ1n) is 12.0. The highest BCUT2D eigenvalue weighted by atomic mass is 16.3. The molecule has 0 radical (unpaired) electrons. The van der Waals surface area contributed by atoms with Crippen molar-refractivity contribution in [2.45, 2.75) is 51.0 Å². The summed E-state index contributed by atoms with van der Waals surface area (Å²) in [4.78, 5) is 6.81. The third-order valence-electron chi connectivity index (χ3n) is 7.53. The second kappa shape index (κ2) is 8.84. The van der Waals surface area contributed by atoms with E-state index < -0.39 is 5.60 Å². The Morgan fingerprint density at radius 1 is 1.16 bits per heavy atom. The van der Waals surface area contributed by atoms with Crippen LogP contribution in [0.15, 0.2) is 59.2 Å². The van der Waals surface area contributed by atoms with Gasteiger partial charge < -0.3 is 14.4 Å². The number of aryl methyl sites for hydroxylation is 2. The van der Waals surface area contributed by atoms with Crippen molar-refractivity contribution >= 4 is 16.7 Å². The molecular weight excluding hydrogens is 396 g/mol. The summed E-state index contributed by atoms with van der Waals surface area (Å²) in [5, 5.41) is 12.6. The minimum absolute atomic E-state index is 0.285. The normalized spacial score (nSPS) is 24.9. The topological polar surface area (TPSA) is 49.5 Å². The van der Waals surface area contributed by atoms with Crippen LogP contribution < -0.4 is 0 Å². The van der Waals surface area contributed by atoms with Crippen LogP contribution in [0.25, 0.3) is 16.7 Å².